The molecule has 0 fully saturated rings. The molecule has 0 saturated carbocycles. The molecule has 1 N–H and O–H groups in total. The van der Waals surface area contributed by atoms with Gasteiger partial charge in [0.25, 0.3) is 0 Å². The van der Waals surface area contributed by atoms with E-state index >= 15 is 0 Å². The average molecular weight is 360 g/mol. The Bertz CT molecular complexity index is 811. The van der Waals surface area contributed by atoms with Gasteiger partial charge >= 0.3 is 0 Å². The summed E-state index contributed by atoms with van der Waals surface area (Å²) in [6.07, 6.45) is 2.47. The molecule has 0 bridgehead atoms. The summed E-state index contributed by atoms with van der Waals surface area (Å²) in [6.45, 7) is 0.888. The molecule has 0 spiro atoms. The van der Waals surface area contributed by atoms with Gasteiger partial charge in [-0.1, -0.05) is 6.07 Å². The van der Waals surface area contributed by atoms with Crippen LogP contribution >= 0.6 is 0 Å². The highest BCUT2D eigenvalue weighted by Crippen LogP contribution is 2.34. The minimum atomic E-state index is -3.95. The van der Waals surface area contributed by atoms with E-state index in [0.717, 1.165) is 16.4 Å². The molecule has 7 nitrogen and oxygen atoms in total. The fourth-order valence-corrected chi connectivity index (χ4v) is 3.72. The normalized spacial score (nSPS) is 16.1. The van der Waals surface area contributed by atoms with Crippen LogP contribution in [0.4, 0.5) is 8.78 Å². The molecule has 0 amide bonds. The lowest BCUT2D eigenvalue weighted by atomic mass is 9.90. The van der Waals surface area contributed by atoms with E-state index in [2.05, 4.69) is 10.1 Å². The van der Waals surface area contributed by atoms with Crippen LogP contribution in [0, 0.1) is 11.6 Å². The molecule has 0 unspecified atom stereocenters. The molecule has 2 atom stereocenters. The van der Waals surface area contributed by atoms with Gasteiger partial charge in [0.2, 0.25) is 10.0 Å². The third-order valence-electron chi connectivity index (χ3n) is 3.90. The number of halogens is 2. The third-order valence-corrected chi connectivity index (χ3v) is 6.20. The largest absolute Gasteiger partial charge is 0.382 e. The van der Waals surface area contributed by atoms with Gasteiger partial charge in [-0.3, -0.25) is 0 Å². The fraction of sp³-hybridized carbons (Fsp3) is 0.429. The highest BCUT2D eigenvalue weighted by Gasteiger charge is 2.46. The molecule has 10 heteroatoms. The Morgan fingerprint density at radius 1 is 1.38 bits per heavy atom. The second kappa shape index (κ2) is 6.54. The number of aliphatic hydroxyl groups is 1. The SMILES string of the molecule is C[C@@H]([C@](O)(Cn1cncn1)c1ccc(F)cc1F)S(=O)(=O)N(C)C. The number of hydrogen-bond donors (Lipinski definition) is 1. The molecule has 1 heterocycles. The summed E-state index contributed by atoms with van der Waals surface area (Å²) in [6, 6.07) is 2.58. The highest BCUT2D eigenvalue weighted by atomic mass is 32.2. The standard InChI is InChI=1S/C14H18F2N4O3S/c1-10(24(22,23)19(2)3)14(21,7-20-9-17-8-18-20)12-5-4-11(15)6-13(12)16/h4-6,8-10,21H,7H2,1-3H3/t10-,14+/m0/s1. The number of aromatic nitrogens is 3. The first-order chi connectivity index (χ1) is 11.1. The van der Waals surface area contributed by atoms with Crippen molar-refractivity contribution in [3.05, 3.63) is 48.1 Å². The molecule has 132 valence electrons. The molecule has 0 aliphatic rings. The van der Waals surface area contributed by atoms with Crippen LogP contribution in [0.25, 0.3) is 0 Å². The summed E-state index contributed by atoms with van der Waals surface area (Å²) < 4.78 is 54.6. The Labute approximate surface area is 138 Å². The van der Waals surface area contributed by atoms with Gasteiger partial charge in [0.1, 0.15) is 35.1 Å². The first-order valence-electron chi connectivity index (χ1n) is 7.00. The molecular weight excluding hydrogens is 342 g/mol. The minimum Gasteiger partial charge on any atom is -0.382 e. The van der Waals surface area contributed by atoms with Crippen molar-refractivity contribution in [2.75, 3.05) is 14.1 Å². The number of hydrogen-bond acceptors (Lipinski definition) is 5. The molecule has 0 aliphatic carbocycles. The van der Waals surface area contributed by atoms with Crippen molar-refractivity contribution in [2.24, 2.45) is 0 Å². The molecule has 24 heavy (non-hydrogen) atoms. The second-order valence-corrected chi connectivity index (χ2v) is 8.08. The number of rotatable bonds is 6. The molecule has 1 aromatic carbocycles. The zero-order valence-electron chi connectivity index (χ0n) is 13.4. The Morgan fingerprint density at radius 2 is 2.04 bits per heavy atom. The van der Waals surface area contributed by atoms with Crippen LogP contribution in [-0.4, -0.2) is 51.9 Å². The average Bonchev–Trinajstić information content (AvgIpc) is 2.98. The van der Waals surface area contributed by atoms with Gasteiger partial charge in [0.15, 0.2) is 0 Å². The van der Waals surface area contributed by atoms with Crippen LogP contribution in [0.1, 0.15) is 12.5 Å². The molecule has 0 radical (unpaired) electrons. The Balaban J connectivity index is 2.61. The van der Waals surface area contributed by atoms with Gasteiger partial charge in [0.05, 0.1) is 6.54 Å². The van der Waals surface area contributed by atoms with Gasteiger partial charge in [-0.05, 0) is 13.0 Å². The van der Waals surface area contributed by atoms with Gasteiger partial charge < -0.3 is 5.11 Å². The second-order valence-electron chi connectivity index (χ2n) is 5.61. The predicted octanol–water partition coefficient (Wildman–Crippen LogP) is 0.724. The van der Waals surface area contributed by atoms with Crippen molar-refractivity contribution in [1.82, 2.24) is 19.1 Å². The maximum absolute atomic E-state index is 14.3. The number of nitrogens with zero attached hydrogens (tertiary/aromatic N) is 4. The zero-order chi connectivity index (χ0) is 18.1. The van der Waals surface area contributed by atoms with E-state index in [1.807, 2.05) is 0 Å². The van der Waals surface area contributed by atoms with Crippen molar-refractivity contribution in [3.63, 3.8) is 0 Å². The summed E-state index contributed by atoms with van der Waals surface area (Å²) in [5, 5.41) is 13.5. The van der Waals surface area contributed by atoms with Crippen LogP contribution in [0.3, 0.4) is 0 Å². The molecule has 2 rings (SSSR count). The van der Waals surface area contributed by atoms with Crippen molar-refractivity contribution in [3.8, 4) is 0 Å². The highest BCUT2D eigenvalue weighted by molar-refractivity contribution is 7.89. The Hall–Kier alpha value is -1.91. The van der Waals surface area contributed by atoms with Gasteiger partial charge in [-0.25, -0.2) is 31.2 Å². The molecule has 1 aromatic heterocycles. The van der Waals surface area contributed by atoms with Crippen LogP contribution in [0.2, 0.25) is 0 Å². The quantitative estimate of drug-likeness (QED) is 0.820. The topological polar surface area (TPSA) is 88.3 Å². The van der Waals surface area contributed by atoms with E-state index in [0.29, 0.717) is 6.07 Å². The molecule has 2 aromatic rings. The van der Waals surface area contributed by atoms with Crippen LogP contribution in [0.5, 0.6) is 0 Å². The summed E-state index contributed by atoms with van der Waals surface area (Å²) in [5.41, 5.74) is -2.52. The smallest absolute Gasteiger partial charge is 0.219 e. The maximum Gasteiger partial charge on any atom is 0.219 e. The van der Waals surface area contributed by atoms with Gasteiger partial charge in [-0.2, -0.15) is 5.10 Å². The fourth-order valence-electron chi connectivity index (χ4n) is 2.40. The van der Waals surface area contributed by atoms with E-state index < -0.39 is 32.5 Å². The summed E-state index contributed by atoms with van der Waals surface area (Å²) in [4.78, 5) is 3.72. The third kappa shape index (κ3) is 3.30. The zero-order valence-corrected chi connectivity index (χ0v) is 14.2. The Kier molecular flexibility index (Phi) is 5.02. The van der Waals surface area contributed by atoms with Gasteiger partial charge in [-0.15, -0.1) is 0 Å². The van der Waals surface area contributed by atoms with E-state index in [-0.39, 0.29) is 12.1 Å². The molecule has 0 saturated heterocycles. The summed E-state index contributed by atoms with van der Waals surface area (Å²) >= 11 is 0. The first kappa shape index (κ1) is 18.4. The van der Waals surface area contributed by atoms with Crippen LogP contribution in [-0.2, 0) is 22.2 Å². The van der Waals surface area contributed by atoms with Crippen molar-refractivity contribution < 1.29 is 22.3 Å². The van der Waals surface area contributed by atoms with E-state index in [1.54, 1.807) is 0 Å². The first-order valence-corrected chi connectivity index (χ1v) is 8.51. The van der Waals surface area contributed by atoms with Crippen molar-refractivity contribution in [1.29, 1.82) is 0 Å². The molecule has 0 aliphatic heterocycles. The number of sulfonamides is 1. The minimum absolute atomic E-state index is 0.336. The molecular formula is C14H18F2N4O3S. The Morgan fingerprint density at radius 3 is 2.54 bits per heavy atom. The maximum atomic E-state index is 14.3. The van der Waals surface area contributed by atoms with E-state index in [9.17, 15) is 22.3 Å². The number of benzene rings is 1. The van der Waals surface area contributed by atoms with Gasteiger partial charge in [0, 0.05) is 25.7 Å². The van der Waals surface area contributed by atoms with E-state index in [1.165, 1.54) is 38.4 Å². The van der Waals surface area contributed by atoms with Crippen molar-refractivity contribution in [2.45, 2.75) is 24.3 Å². The van der Waals surface area contributed by atoms with Crippen molar-refractivity contribution >= 4 is 10.0 Å². The van der Waals surface area contributed by atoms with Crippen LogP contribution in [0.15, 0.2) is 30.9 Å². The lowest BCUT2D eigenvalue weighted by molar-refractivity contribution is 0.00993. The lowest BCUT2D eigenvalue weighted by Gasteiger charge is -2.35. The summed E-state index contributed by atoms with van der Waals surface area (Å²) in [7, 11) is -1.33. The van der Waals surface area contributed by atoms with E-state index in [4.69, 9.17) is 0 Å². The summed E-state index contributed by atoms with van der Waals surface area (Å²) in [5.74, 6) is -1.87. The predicted molar refractivity (Wildman–Crippen MR) is 82.3 cm³/mol. The monoisotopic (exact) mass is 360 g/mol. The lowest BCUT2D eigenvalue weighted by Crippen LogP contribution is -2.50. The van der Waals surface area contributed by atoms with Crippen LogP contribution < -0.4 is 0 Å².